The van der Waals surface area contributed by atoms with Gasteiger partial charge in [-0.15, -0.1) is 0 Å². The maximum atomic E-state index is 12.6. The minimum Gasteiger partial charge on any atom is -0.355 e. The summed E-state index contributed by atoms with van der Waals surface area (Å²) >= 11 is 0. The maximum Gasteiger partial charge on any atom is 0.272 e. The molecule has 0 atom stereocenters. The average Bonchev–Trinajstić information content (AvgIpc) is 2.56. The third-order valence-electron chi connectivity index (χ3n) is 3.68. The maximum absolute atomic E-state index is 12.6. The Kier molecular flexibility index (Phi) is 6.15. The van der Waals surface area contributed by atoms with Gasteiger partial charge in [0.2, 0.25) is 0 Å². The molecule has 0 bridgehead atoms. The lowest BCUT2D eigenvalue weighted by atomic mass is 10.2. The van der Waals surface area contributed by atoms with Crippen LogP contribution in [0.15, 0.2) is 42.6 Å². The Balaban J connectivity index is 2.18. The van der Waals surface area contributed by atoms with E-state index in [-0.39, 0.29) is 5.91 Å². The number of carbonyl (C=O) groups is 1. The summed E-state index contributed by atoms with van der Waals surface area (Å²) < 4.78 is 0. The fourth-order valence-corrected chi connectivity index (χ4v) is 2.51. The molecule has 1 heterocycles. The topological polar surface area (TPSA) is 45.2 Å². The van der Waals surface area contributed by atoms with Crippen LogP contribution in [0, 0.1) is 6.92 Å². The fraction of sp³-hybridized carbons (Fsp3) is 0.368. The first-order valence-corrected chi connectivity index (χ1v) is 8.23. The van der Waals surface area contributed by atoms with E-state index >= 15 is 0 Å². The van der Waals surface area contributed by atoms with Crippen LogP contribution in [0.5, 0.6) is 0 Å². The predicted octanol–water partition coefficient (Wildman–Crippen LogP) is 4.40. The van der Waals surface area contributed by atoms with Gasteiger partial charge in [0.25, 0.3) is 5.91 Å². The summed E-state index contributed by atoms with van der Waals surface area (Å²) in [5.41, 5.74) is 3.57. The molecule has 0 spiro atoms. The number of benzene rings is 1. The number of aryl methyl sites for hydroxylation is 1. The Morgan fingerprint density at radius 3 is 2.48 bits per heavy atom. The van der Waals surface area contributed by atoms with E-state index in [1.807, 2.05) is 35.2 Å². The highest BCUT2D eigenvalue weighted by atomic mass is 16.2. The molecule has 1 amide bonds. The molecule has 0 aliphatic carbocycles. The summed E-state index contributed by atoms with van der Waals surface area (Å²) in [7, 11) is 0. The molecule has 0 radical (unpaired) electrons. The van der Waals surface area contributed by atoms with E-state index in [2.05, 4.69) is 37.1 Å². The summed E-state index contributed by atoms with van der Waals surface area (Å²) in [4.78, 5) is 18.8. The second-order valence-corrected chi connectivity index (χ2v) is 5.66. The SMILES string of the molecule is CCCN(CCC)C(=O)c1cc(Nc2ccccc2C)ccn1. The van der Waals surface area contributed by atoms with Crippen LogP contribution < -0.4 is 5.32 Å². The van der Waals surface area contributed by atoms with Gasteiger partial charge in [0.05, 0.1) is 0 Å². The molecule has 122 valence electrons. The van der Waals surface area contributed by atoms with Crippen LogP contribution in [-0.2, 0) is 0 Å². The molecular formula is C19H25N3O. The molecule has 0 saturated heterocycles. The van der Waals surface area contributed by atoms with Crippen LogP contribution >= 0.6 is 0 Å². The summed E-state index contributed by atoms with van der Waals surface area (Å²) in [5.74, 6) is 0.00198. The second kappa shape index (κ2) is 8.32. The van der Waals surface area contributed by atoms with E-state index in [0.717, 1.165) is 42.9 Å². The van der Waals surface area contributed by atoms with E-state index in [4.69, 9.17) is 0 Å². The number of hydrogen-bond donors (Lipinski definition) is 1. The van der Waals surface area contributed by atoms with Gasteiger partial charge >= 0.3 is 0 Å². The first-order valence-electron chi connectivity index (χ1n) is 8.23. The zero-order chi connectivity index (χ0) is 16.7. The number of hydrogen-bond acceptors (Lipinski definition) is 3. The van der Waals surface area contributed by atoms with Crippen molar-refractivity contribution in [2.75, 3.05) is 18.4 Å². The van der Waals surface area contributed by atoms with E-state index < -0.39 is 0 Å². The molecule has 1 aromatic heterocycles. The van der Waals surface area contributed by atoms with Gasteiger partial charge < -0.3 is 10.2 Å². The first-order chi connectivity index (χ1) is 11.2. The zero-order valence-electron chi connectivity index (χ0n) is 14.2. The number of rotatable bonds is 7. The van der Waals surface area contributed by atoms with Gasteiger partial charge in [-0.1, -0.05) is 32.0 Å². The van der Waals surface area contributed by atoms with Crippen LogP contribution in [0.1, 0.15) is 42.7 Å². The number of amides is 1. The molecule has 0 fully saturated rings. The molecule has 4 heteroatoms. The third kappa shape index (κ3) is 4.55. The summed E-state index contributed by atoms with van der Waals surface area (Å²) in [6, 6.07) is 11.8. The van der Waals surface area contributed by atoms with Gasteiger partial charge in [-0.25, -0.2) is 0 Å². The predicted molar refractivity (Wildman–Crippen MR) is 95.2 cm³/mol. The van der Waals surface area contributed by atoms with Crippen molar-refractivity contribution in [3.63, 3.8) is 0 Å². The summed E-state index contributed by atoms with van der Waals surface area (Å²) in [6.07, 6.45) is 3.59. The highest BCUT2D eigenvalue weighted by Gasteiger charge is 2.16. The number of anilines is 2. The zero-order valence-corrected chi connectivity index (χ0v) is 14.2. The minimum absolute atomic E-state index is 0.00198. The molecule has 4 nitrogen and oxygen atoms in total. The van der Waals surface area contributed by atoms with Gasteiger partial charge in [0.1, 0.15) is 5.69 Å². The van der Waals surface area contributed by atoms with Gasteiger partial charge in [-0.05, 0) is 43.5 Å². The molecule has 0 saturated carbocycles. The number of pyridine rings is 1. The van der Waals surface area contributed by atoms with Crippen molar-refractivity contribution >= 4 is 17.3 Å². The van der Waals surface area contributed by atoms with Crippen LogP contribution in [0.2, 0.25) is 0 Å². The minimum atomic E-state index is 0.00198. The molecule has 1 N–H and O–H groups in total. The van der Waals surface area contributed by atoms with E-state index in [0.29, 0.717) is 5.69 Å². The molecule has 2 aromatic rings. The number of aromatic nitrogens is 1. The Morgan fingerprint density at radius 1 is 1.13 bits per heavy atom. The van der Waals surface area contributed by atoms with E-state index in [9.17, 15) is 4.79 Å². The molecular weight excluding hydrogens is 286 g/mol. The standard InChI is InChI=1S/C19H25N3O/c1-4-12-22(13-5-2)19(23)18-14-16(10-11-20-18)21-17-9-7-6-8-15(17)3/h6-11,14H,4-5,12-13H2,1-3H3,(H,20,21). The van der Waals surface area contributed by atoms with E-state index in [1.165, 1.54) is 0 Å². The first kappa shape index (κ1) is 17.0. The van der Waals surface area contributed by atoms with Gasteiger partial charge in [0, 0.05) is 30.7 Å². The third-order valence-corrected chi connectivity index (χ3v) is 3.68. The number of para-hydroxylation sites is 1. The molecule has 23 heavy (non-hydrogen) atoms. The highest BCUT2D eigenvalue weighted by molar-refractivity contribution is 5.93. The highest BCUT2D eigenvalue weighted by Crippen LogP contribution is 2.20. The van der Waals surface area contributed by atoms with Crippen LogP contribution in [-0.4, -0.2) is 28.9 Å². The summed E-state index contributed by atoms with van der Waals surface area (Å²) in [6.45, 7) is 7.76. The molecule has 0 aliphatic heterocycles. The van der Waals surface area contributed by atoms with Gasteiger partial charge in [-0.2, -0.15) is 0 Å². The van der Waals surface area contributed by atoms with Gasteiger partial charge in [-0.3, -0.25) is 9.78 Å². The largest absolute Gasteiger partial charge is 0.355 e. The number of nitrogens with one attached hydrogen (secondary N) is 1. The van der Waals surface area contributed by atoms with Crippen molar-refractivity contribution in [3.05, 3.63) is 53.9 Å². The van der Waals surface area contributed by atoms with Gasteiger partial charge in [0.15, 0.2) is 0 Å². The lowest BCUT2D eigenvalue weighted by Gasteiger charge is -2.21. The van der Waals surface area contributed by atoms with Crippen LogP contribution in [0.4, 0.5) is 11.4 Å². The van der Waals surface area contributed by atoms with Crippen molar-refractivity contribution in [1.82, 2.24) is 9.88 Å². The number of nitrogens with zero attached hydrogens (tertiary/aromatic N) is 2. The molecule has 2 rings (SSSR count). The van der Waals surface area contributed by atoms with Crippen molar-refractivity contribution in [1.29, 1.82) is 0 Å². The van der Waals surface area contributed by atoms with Crippen molar-refractivity contribution < 1.29 is 4.79 Å². The smallest absolute Gasteiger partial charge is 0.272 e. The normalized spacial score (nSPS) is 10.4. The van der Waals surface area contributed by atoms with Crippen molar-refractivity contribution in [2.24, 2.45) is 0 Å². The quantitative estimate of drug-likeness (QED) is 0.824. The number of carbonyl (C=O) groups excluding carboxylic acids is 1. The van der Waals surface area contributed by atoms with Crippen molar-refractivity contribution in [3.8, 4) is 0 Å². The monoisotopic (exact) mass is 311 g/mol. The molecule has 0 unspecified atom stereocenters. The Bertz CT molecular complexity index is 649. The van der Waals surface area contributed by atoms with E-state index in [1.54, 1.807) is 6.20 Å². The fourth-order valence-electron chi connectivity index (χ4n) is 2.51. The lowest BCUT2D eigenvalue weighted by molar-refractivity contribution is 0.0750. The molecule has 1 aromatic carbocycles. The average molecular weight is 311 g/mol. The Hall–Kier alpha value is -2.36. The van der Waals surface area contributed by atoms with Crippen LogP contribution in [0.25, 0.3) is 0 Å². The Morgan fingerprint density at radius 2 is 1.83 bits per heavy atom. The second-order valence-electron chi connectivity index (χ2n) is 5.66. The van der Waals surface area contributed by atoms with Crippen molar-refractivity contribution in [2.45, 2.75) is 33.6 Å². The lowest BCUT2D eigenvalue weighted by Crippen LogP contribution is -2.33. The van der Waals surface area contributed by atoms with Crippen LogP contribution in [0.3, 0.4) is 0 Å². The molecule has 0 aliphatic rings. The summed E-state index contributed by atoms with van der Waals surface area (Å²) in [5, 5.41) is 3.36. The Labute approximate surface area is 138 Å².